The van der Waals surface area contributed by atoms with Crippen LogP contribution in [-0.2, 0) is 0 Å². The average Bonchev–Trinajstić information content (AvgIpc) is 2.78. The first-order valence-electron chi connectivity index (χ1n) is 13.8. The fourth-order valence-electron chi connectivity index (χ4n) is 4.28. The highest BCUT2D eigenvalue weighted by Gasteiger charge is 2.14. The summed E-state index contributed by atoms with van der Waals surface area (Å²) in [7, 11) is 0. The summed E-state index contributed by atoms with van der Waals surface area (Å²) in [4.78, 5) is 4.79. The van der Waals surface area contributed by atoms with E-state index < -0.39 is 0 Å². The van der Waals surface area contributed by atoms with Gasteiger partial charge in [-0.2, -0.15) is 0 Å². The van der Waals surface area contributed by atoms with Crippen LogP contribution in [0.1, 0.15) is 104 Å². The molecule has 6 nitrogen and oxygen atoms in total. The van der Waals surface area contributed by atoms with Crippen LogP contribution in [0.3, 0.4) is 0 Å². The standard InChI is InChI=1S/C26H58N4O2/c1-3-5-7-9-15-25(31)23-29(21-13-17-27)19-11-12-20-30(22-14-18-28)24-26(32)16-10-8-6-4-2/h25-26,31-32H,3-24,27-28H2,1-2H3. The van der Waals surface area contributed by atoms with E-state index in [1.54, 1.807) is 0 Å². The lowest BCUT2D eigenvalue weighted by Crippen LogP contribution is -2.36. The lowest BCUT2D eigenvalue weighted by atomic mass is 10.1. The second-order valence-corrected chi connectivity index (χ2v) is 9.60. The number of nitrogens with two attached hydrogens (primary N) is 2. The number of rotatable bonds is 25. The van der Waals surface area contributed by atoms with Gasteiger partial charge in [-0.3, -0.25) is 0 Å². The molecule has 6 heteroatoms. The SMILES string of the molecule is CCCCCCC(O)CN(CCCN)CCCCN(CCCN)CC(O)CCCCCC. The fraction of sp³-hybridized carbons (Fsp3) is 1.00. The largest absolute Gasteiger partial charge is 0.392 e. The molecule has 0 aromatic heterocycles. The second kappa shape index (κ2) is 23.9. The predicted molar refractivity (Wildman–Crippen MR) is 139 cm³/mol. The molecule has 0 rings (SSSR count). The summed E-state index contributed by atoms with van der Waals surface area (Å²) in [6.45, 7) is 11.3. The van der Waals surface area contributed by atoms with E-state index in [-0.39, 0.29) is 12.2 Å². The van der Waals surface area contributed by atoms with Gasteiger partial charge in [-0.1, -0.05) is 65.2 Å². The van der Waals surface area contributed by atoms with Crippen LogP contribution in [0.4, 0.5) is 0 Å². The molecule has 0 fully saturated rings. The van der Waals surface area contributed by atoms with Crippen LogP contribution in [0.15, 0.2) is 0 Å². The molecular weight excluding hydrogens is 400 g/mol. The lowest BCUT2D eigenvalue weighted by Gasteiger charge is -2.27. The van der Waals surface area contributed by atoms with E-state index in [9.17, 15) is 10.2 Å². The lowest BCUT2D eigenvalue weighted by molar-refractivity contribution is 0.0939. The van der Waals surface area contributed by atoms with Crippen LogP contribution < -0.4 is 11.5 Å². The summed E-state index contributed by atoms with van der Waals surface area (Å²) in [6, 6.07) is 0. The van der Waals surface area contributed by atoms with Crippen molar-refractivity contribution in [2.24, 2.45) is 11.5 Å². The molecule has 0 radical (unpaired) electrons. The van der Waals surface area contributed by atoms with Crippen LogP contribution >= 0.6 is 0 Å². The van der Waals surface area contributed by atoms with Gasteiger partial charge in [-0.05, 0) is 77.8 Å². The first-order valence-corrected chi connectivity index (χ1v) is 13.8. The van der Waals surface area contributed by atoms with Crippen molar-refractivity contribution in [1.29, 1.82) is 0 Å². The Kier molecular flexibility index (Phi) is 23.7. The summed E-state index contributed by atoms with van der Waals surface area (Å²) >= 11 is 0. The van der Waals surface area contributed by atoms with E-state index in [0.717, 1.165) is 90.6 Å². The average molecular weight is 459 g/mol. The van der Waals surface area contributed by atoms with Gasteiger partial charge in [0.25, 0.3) is 0 Å². The van der Waals surface area contributed by atoms with Crippen LogP contribution in [0.2, 0.25) is 0 Å². The third-order valence-corrected chi connectivity index (χ3v) is 6.28. The van der Waals surface area contributed by atoms with Crippen LogP contribution in [-0.4, -0.2) is 84.6 Å². The maximum Gasteiger partial charge on any atom is 0.0667 e. The summed E-state index contributed by atoms with van der Waals surface area (Å²) in [5.41, 5.74) is 11.5. The summed E-state index contributed by atoms with van der Waals surface area (Å²) in [5, 5.41) is 20.9. The van der Waals surface area contributed by atoms with Crippen molar-refractivity contribution in [2.75, 3.05) is 52.4 Å². The Bertz CT molecular complexity index is 340. The van der Waals surface area contributed by atoms with Crippen molar-refractivity contribution >= 4 is 0 Å². The number of aliphatic hydroxyl groups is 2. The molecule has 0 aliphatic rings. The Morgan fingerprint density at radius 1 is 0.531 bits per heavy atom. The van der Waals surface area contributed by atoms with Crippen molar-refractivity contribution in [3.63, 3.8) is 0 Å². The van der Waals surface area contributed by atoms with E-state index in [4.69, 9.17) is 11.5 Å². The predicted octanol–water partition coefficient (Wildman–Crippen LogP) is 3.73. The zero-order chi connectivity index (χ0) is 23.9. The third kappa shape index (κ3) is 20.4. The van der Waals surface area contributed by atoms with Gasteiger partial charge in [0, 0.05) is 13.1 Å². The second-order valence-electron chi connectivity index (χ2n) is 9.60. The molecule has 6 N–H and O–H groups in total. The molecule has 194 valence electrons. The van der Waals surface area contributed by atoms with Crippen LogP contribution in [0, 0.1) is 0 Å². The molecule has 0 amide bonds. The van der Waals surface area contributed by atoms with Crippen LogP contribution in [0.5, 0.6) is 0 Å². The van der Waals surface area contributed by atoms with Gasteiger partial charge < -0.3 is 31.5 Å². The van der Waals surface area contributed by atoms with E-state index in [1.807, 2.05) is 0 Å². The van der Waals surface area contributed by atoms with Gasteiger partial charge in [0.05, 0.1) is 12.2 Å². The Morgan fingerprint density at radius 2 is 0.906 bits per heavy atom. The number of hydrogen-bond acceptors (Lipinski definition) is 6. The van der Waals surface area contributed by atoms with E-state index in [2.05, 4.69) is 23.6 Å². The number of nitrogens with zero attached hydrogens (tertiary/aromatic N) is 2. The Labute approximate surface area is 200 Å². The van der Waals surface area contributed by atoms with Gasteiger partial charge in [-0.15, -0.1) is 0 Å². The third-order valence-electron chi connectivity index (χ3n) is 6.28. The van der Waals surface area contributed by atoms with Gasteiger partial charge in [0.15, 0.2) is 0 Å². The maximum atomic E-state index is 10.4. The van der Waals surface area contributed by atoms with Crippen molar-refractivity contribution in [3.8, 4) is 0 Å². The van der Waals surface area contributed by atoms with Crippen molar-refractivity contribution in [1.82, 2.24) is 9.80 Å². The minimum atomic E-state index is -0.228. The number of aliphatic hydroxyl groups excluding tert-OH is 2. The zero-order valence-corrected chi connectivity index (χ0v) is 21.7. The summed E-state index contributed by atoms with van der Waals surface area (Å²) < 4.78 is 0. The molecule has 2 unspecified atom stereocenters. The van der Waals surface area contributed by atoms with E-state index in [1.165, 1.54) is 38.5 Å². The maximum absolute atomic E-state index is 10.4. The molecule has 0 aromatic carbocycles. The van der Waals surface area contributed by atoms with Gasteiger partial charge >= 0.3 is 0 Å². The minimum absolute atomic E-state index is 0.228. The Hall–Kier alpha value is -0.240. The molecule has 32 heavy (non-hydrogen) atoms. The number of unbranched alkanes of at least 4 members (excludes halogenated alkanes) is 7. The highest BCUT2D eigenvalue weighted by atomic mass is 16.3. The van der Waals surface area contributed by atoms with Crippen molar-refractivity contribution in [2.45, 2.75) is 116 Å². The van der Waals surface area contributed by atoms with Gasteiger partial charge in [-0.25, -0.2) is 0 Å². The highest BCUT2D eigenvalue weighted by molar-refractivity contribution is 4.69. The first kappa shape index (κ1) is 31.8. The van der Waals surface area contributed by atoms with Crippen molar-refractivity contribution in [3.05, 3.63) is 0 Å². The van der Waals surface area contributed by atoms with Gasteiger partial charge in [0.2, 0.25) is 0 Å². The molecule has 0 aromatic rings. The summed E-state index contributed by atoms with van der Waals surface area (Å²) in [6.07, 6.45) is 15.2. The monoisotopic (exact) mass is 458 g/mol. The molecule has 0 saturated heterocycles. The molecule has 0 aliphatic carbocycles. The zero-order valence-electron chi connectivity index (χ0n) is 21.7. The topological polar surface area (TPSA) is 99.0 Å². The summed E-state index contributed by atoms with van der Waals surface area (Å²) in [5.74, 6) is 0. The smallest absolute Gasteiger partial charge is 0.0667 e. The van der Waals surface area contributed by atoms with Crippen LogP contribution in [0.25, 0.3) is 0 Å². The highest BCUT2D eigenvalue weighted by Crippen LogP contribution is 2.10. The Morgan fingerprint density at radius 3 is 1.25 bits per heavy atom. The molecule has 0 bridgehead atoms. The van der Waals surface area contributed by atoms with E-state index in [0.29, 0.717) is 13.1 Å². The first-order chi connectivity index (χ1) is 15.6. The normalized spacial score (nSPS) is 13.9. The molecule has 0 aliphatic heterocycles. The molecule has 0 heterocycles. The Balaban J connectivity index is 4.29. The quantitative estimate of drug-likeness (QED) is 0.156. The fourth-order valence-corrected chi connectivity index (χ4v) is 4.28. The molecule has 2 atom stereocenters. The molecular formula is C26H58N4O2. The minimum Gasteiger partial charge on any atom is -0.392 e. The van der Waals surface area contributed by atoms with Crippen molar-refractivity contribution < 1.29 is 10.2 Å². The van der Waals surface area contributed by atoms with Gasteiger partial charge in [0.1, 0.15) is 0 Å². The van der Waals surface area contributed by atoms with E-state index >= 15 is 0 Å². The number of hydrogen-bond donors (Lipinski definition) is 4. The molecule has 0 saturated carbocycles. The molecule has 0 spiro atoms.